The second-order valence-corrected chi connectivity index (χ2v) is 10.0. The van der Waals surface area contributed by atoms with E-state index in [-0.39, 0.29) is 29.3 Å². The molecule has 0 aromatic heterocycles. The van der Waals surface area contributed by atoms with Crippen molar-refractivity contribution in [1.82, 2.24) is 0 Å². The maximum Gasteiger partial charge on any atom is 0.155 e. The molecule has 4 rings (SSSR count). The monoisotopic (exact) mass is 346 g/mol. The van der Waals surface area contributed by atoms with Crippen LogP contribution in [0, 0.1) is 40.4 Å². The summed E-state index contributed by atoms with van der Waals surface area (Å²) in [6.45, 7) is 7.26. The molecule has 0 spiro atoms. The molecule has 140 valence electrons. The van der Waals surface area contributed by atoms with Crippen LogP contribution in [0.2, 0.25) is 0 Å². The van der Waals surface area contributed by atoms with Gasteiger partial charge >= 0.3 is 0 Å². The molecular weight excluding hydrogens is 312 g/mol. The van der Waals surface area contributed by atoms with E-state index >= 15 is 0 Å². The van der Waals surface area contributed by atoms with Gasteiger partial charge in [-0.2, -0.15) is 0 Å². The number of hydrogen-bond acceptors (Lipinski definition) is 3. The number of aliphatic hydroxyl groups excluding tert-OH is 2. The van der Waals surface area contributed by atoms with Crippen molar-refractivity contribution in [2.24, 2.45) is 40.4 Å². The molecule has 3 saturated carbocycles. The van der Waals surface area contributed by atoms with Gasteiger partial charge in [0.15, 0.2) is 5.78 Å². The molecule has 0 saturated heterocycles. The van der Waals surface area contributed by atoms with Crippen LogP contribution in [-0.4, -0.2) is 28.7 Å². The normalized spacial score (nSPS) is 50.5. The van der Waals surface area contributed by atoms with Gasteiger partial charge in [-0.1, -0.05) is 26.3 Å². The number of carbonyl (C=O) groups excluding carboxylic acids is 1. The largest absolute Gasteiger partial charge is 0.396 e. The summed E-state index contributed by atoms with van der Waals surface area (Å²) in [7, 11) is 0. The smallest absolute Gasteiger partial charge is 0.155 e. The van der Waals surface area contributed by atoms with Gasteiger partial charge in [-0.15, -0.1) is 0 Å². The highest BCUT2D eigenvalue weighted by Crippen LogP contribution is 2.67. The third-order valence-corrected chi connectivity index (χ3v) is 9.03. The number of hydrogen-bond donors (Lipinski definition) is 2. The molecule has 2 N–H and O–H groups in total. The fourth-order valence-electron chi connectivity index (χ4n) is 7.63. The minimum atomic E-state index is -0.303. The van der Waals surface area contributed by atoms with Crippen LogP contribution in [-0.2, 0) is 4.79 Å². The Hall–Kier alpha value is -0.670. The number of aliphatic hydroxyl groups is 2. The van der Waals surface area contributed by atoms with Crippen molar-refractivity contribution >= 4 is 5.78 Å². The van der Waals surface area contributed by atoms with E-state index in [1.54, 1.807) is 0 Å². The van der Waals surface area contributed by atoms with Crippen molar-refractivity contribution < 1.29 is 15.0 Å². The van der Waals surface area contributed by atoms with Crippen LogP contribution in [0.5, 0.6) is 0 Å². The van der Waals surface area contributed by atoms with Crippen molar-refractivity contribution in [3.8, 4) is 0 Å². The van der Waals surface area contributed by atoms with Gasteiger partial charge in [0.2, 0.25) is 0 Å². The molecule has 4 aliphatic rings. The number of fused-ring (bicyclic) bond motifs is 5. The van der Waals surface area contributed by atoms with Gasteiger partial charge in [0.05, 0.1) is 6.10 Å². The number of rotatable bonds is 2. The van der Waals surface area contributed by atoms with E-state index < -0.39 is 0 Å². The third-order valence-electron chi connectivity index (χ3n) is 9.03. The predicted octanol–water partition coefficient (Wildman–Crippen LogP) is 3.73. The van der Waals surface area contributed by atoms with E-state index in [9.17, 15) is 15.0 Å². The summed E-state index contributed by atoms with van der Waals surface area (Å²) >= 11 is 0. The van der Waals surface area contributed by atoms with Crippen LogP contribution in [0.25, 0.3) is 0 Å². The van der Waals surface area contributed by atoms with Crippen molar-refractivity contribution in [2.75, 3.05) is 6.61 Å². The Morgan fingerprint density at radius 1 is 1.20 bits per heavy atom. The van der Waals surface area contributed by atoms with Crippen LogP contribution >= 0.6 is 0 Å². The van der Waals surface area contributed by atoms with Crippen LogP contribution in [0.1, 0.15) is 65.7 Å². The Bertz CT molecular complexity index is 596. The van der Waals surface area contributed by atoms with Gasteiger partial charge < -0.3 is 10.2 Å². The topological polar surface area (TPSA) is 57.5 Å². The van der Waals surface area contributed by atoms with Crippen LogP contribution in [0.4, 0.5) is 0 Å². The van der Waals surface area contributed by atoms with Gasteiger partial charge in [0.25, 0.3) is 0 Å². The maximum absolute atomic E-state index is 11.9. The van der Waals surface area contributed by atoms with Crippen LogP contribution in [0.3, 0.4) is 0 Å². The molecule has 25 heavy (non-hydrogen) atoms. The minimum absolute atomic E-state index is 0.111. The summed E-state index contributed by atoms with van der Waals surface area (Å²) in [6, 6.07) is 0. The van der Waals surface area contributed by atoms with Crippen molar-refractivity contribution in [1.29, 1.82) is 0 Å². The molecule has 0 aromatic rings. The zero-order valence-corrected chi connectivity index (χ0v) is 16.0. The number of ketones is 1. The first-order valence-corrected chi connectivity index (χ1v) is 10.3. The van der Waals surface area contributed by atoms with Gasteiger partial charge in [-0.05, 0) is 85.0 Å². The zero-order valence-electron chi connectivity index (χ0n) is 16.0. The molecule has 1 unspecified atom stereocenters. The maximum atomic E-state index is 11.9. The molecule has 8 atom stereocenters. The average molecular weight is 347 g/mol. The molecule has 0 bridgehead atoms. The third kappa shape index (κ3) is 2.41. The van der Waals surface area contributed by atoms with Crippen LogP contribution in [0.15, 0.2) is 11.6 Å². The molecule has 3 fully saturated rings. The van der Waals surface area contributed by atoms with Crippen molar-refractivity contribution in [2.45, 2.75) is 71.8 Å². The SMILES string of the molecule is CC(CO)[C@H]1CC[C@H]2[C@@H]3[C@H](O)CC4=CC(=O)CC[C@]4(C)[C@H]3CC[C@]12C. The van der Waals surface area contributed by atoms with Crippen LogP contribution < -0.4 is 0 Å². The number of carbonyl (C=O) groups is 1. The van der Waals surface area contributed by atoms with E-state index in [2.05, 4.69) is 20.8 Å². The van der Waals surface area contributed by atoms with E-state index in [4.69, 9.17) is 0 Å². The molecule has 0 heterocycles. The Balaban J connectivity index is 1.68. The lowest BCUT2D eigenvalue weighted by Crippen LogP contribution is -2.55. The molecular formula is C22H34O3. The predicted molar refractivity (Wildman–Crippen MR) is 97.8 cm³/mol. The van der Waals surface area contributed by atoms with E-state index in [0.717, 1.165) is 12.8 Å². The van der Waals surface area contributed by atoms with Gasteiger partial charge in [0.1, 0.15) is 0 Å². The Kier molecular flexibility index (Phi) is 4.20. The highest BCUT2D eigenvalue weighted by atomic mass is 16.3. The molecule has 3 heteroatoms. The molecule has 0 aromatic carbocycles. The lowest BCUT2D eigenvalue weighted by atomic mass is 9.46. The first kappa shape index (κ1) is 17.7. The lowest BCUT2D eigenvalue weighted by molar-refractivity contribution is -0.125. The summed E-state index contributed by atoms with van der Waals surface area (Å²) in [5, 5.41) is 20.8. The summed E-state index contributed by atoms with van der Waals surface area (Å²) < 4.78 is 0. The summed E-state index contributed by atoms with van der Waals surface area (Å²) in [6.07, 6.45) is 8.63. The molecule has 0 amide bonds. The second-order valence-electron chi connectivity index (χ2n) is 10.0. The minimum Gasteiger partial charge on any atom is -0.396 e. The Morgan fingerprint density at radius 2 is 1.96 bits per heavy atom. The van der Waals surface area contributed by atoms with Gasteiger partial charge in [-0.3, -0.25) is 4.79 Å². The van der Waals surface area contributed by atoms with E-state index in [0.29, 0.717) is 42.4 Å². The van der Waals surface area contributed by atoms with Crippen molar-refractivity contribution in [3.63, 3.8) is 0 Å². The fraction of sp³-hybridized carbons (Fsp3) is 0.864. The molecule has 0 radical (unpaired) electrons. The van der Waals surface area contributed by atoms with Crippen molar-refractivity contribution in [3.05, 3.63) is 11.6 Å². The highest BCUT2D eigenvalue weighted by molar-refractivity contribution is 5.91. The molecule has 3 nitrogen and oxygen atoms in total. The first-order chi connectivity index (χ1) is 11.8. The summed E-state index contributed by atoms with van der Waals surface area (Å²) in [4.78, 5) is 11.9. The average Bonchev–Trinajstić information content (AvgIpc) is 2.93. The van der Waals surface area contributed by atoms with Gasteiger partial charge in [0, 0.05) is 13.0 Å². The van der Waals surface area contributed by atoms with E-state index in [1.807, 2.05) is 6.08 Å². The Morgan fingerprint density at radius 3 is 2.68 bits per heavy atom. The highest BCUT2D eigenvalue weighted by Gasteiger charge is 2.61. The first-order valence-electron chi connectivity index (χ1n) is 10.3. The summed E-state index contributed by atoms with van der Waals surface area (Å²) in [5.41, 5.74) is 1.59. The lowest BCUT2D eigenvalue weighted by Gasteiger charge is -2.59. The zero-order chi connectivity index (χ0) is 18.0. The fourth-order valence-corrected chi connectivity index (χ4v) is 7.63. The quantitative estimate of drug-likeness (QED) is 0.801. The second kappa shape index (κ2) is 5.92. The standard InChI is InChI=1S/C22H34O3/c1-13(12-23)16-4-5-17-20-18(7-9-22(16,17)3)21(2)8-6-15(24)10-14(21)11-19(20)25/h10,13,16-20,23,25H,4-9,11-12H2,1-3H3/t13?,16-,17+,18+,19-,20+,21+,22-/m1/s1. The van der Waals surface area contributed by atoms with E-state index in [1.165, 1.54) is 24.8 Å². The van der Waals surface area contributed by atoms with Gasteiger partial charge in [-0.25, -0.2) is 0 Å². The Labute approximate surface area is 151 Å². The molecule has 0 aliphatic heterocycles. The molecule has 4 aliphatic carbocycles. The summed E-state index contributed by atoms with van der Waals surface area (Å²) in [5.74, 6) is 2.62.